The maximum Gasteiger partial charge on any atom is 0.133 e. The van der Waals surface area contributed by atoms with Crippen LogP contribution >= 0.6 is 35.6 Å². The summed E-state index contributed by atoms with van der Waals surface area (Å²) in [5.41, 5.74) is 0.986. The highest BCUT2D eigenvalue weighted by atomic mass is 35.5. The maximum absolute atomic E-state index is 8.48. The smallest absolute Gasteiger partial charge is 0.133 e. The van der Waals surface area contributed by atoms with Crippen molar-refractivity contribution >= 4 is 40.7 Å². The summed E-state index contributed by atoms with van der Waals surface area (Å²) in [5, 5.41) is 13.5. The normalized spacial score (nSPS) is 11.2. The minimum absolute atomic E-state index is 0.121. The molecule has 1 atom stereocenters. The second-order valence-electron chi connectivity index (χ2n) is 2.69. The van der Waals surface area contributed by atoms with Crippen LogP contribution in [0, 0.1) is 10.7 Å². The molecule has 0 saturated carbocycles. The zero-order valence-electron chi connectivity index (χ0n) is 7.68. The van der Waals surface area contributed by atoms with Gasteiger partial charge in [0.2, 0.25) is 0 Å². The van der Waals surface area contributed by atoms with E-state index in [1.807, 2.05) is 17.5 Å². The van der Waals surface area contributed by atoms with Crippen LogP contribution in [0.1, 0.15) is 11.6 Å². The molecule has 76 valence electrons. The Kier molecular flexibility index (Phi) is 5.38. The lowest BCUT2D eigenvalue weighted by molar-refractivity contribution is 0.843. The Labute approximate surface area is 103 Å². The average molecular weight is 255 g/mol. The van der Waals surface area contributed by atoms with Gasteiger partial charge >= 0.3 is 0 Å². The quantitative estimate of drug-likeness (QED) is 0.467. The van der Waals surface area contributed by atoms with E-state index in [1.165, 1.54) is 0 Å². The van der Waals surface area contributed by atoms with Crippen molar-refractivity contribution in [1.29, 1.82) is 5.26 Å². The zero-order chi connectivity index (χ0) is 11.1. The van der Waals surface area contributed by atoms with E-state index in [1.54, 1.807) is 12.1 Å². The number of hydrogen-bond acceptors (Lipinski definition) is 4. The number of thioether (sulfide) groups is 1. The molecule has 0 N–H and O–H groups in total. The summed E-state index contributed by atoms with van der Waals surface area (Å²) in [6, 6.07) is 7.21. The van der Waals surface area contributed by atoms with E-state index in [-0.39, 0.29) is 6.04 Å². The van der Waals surface area contributed by atoms with Crippen LogP contribution in [0.5, 0.6) is 0 Å². The Bertz CT molecular complexity index is 404. The van der Waals surface area contributed by atoms with Crippen molar-refractivity contribution in [2.45, 2.75) is 6.04 Å². The molecule has 0 aliphatic heterocycles. The second-order valence-corrected chi connectivity index (χ2v) is 4.11. The number of thiocyanates is 1. The fourth-order valence-electron chi connectivity index (χ4n) is 1.07. The maximum atomic E-state index is 8.48. The number of nitrogens with zero attached hydrogens (tertiary/aromatic N) is 2. The van der Waals surface area contributed by atoms with Crippen LogP contribution in [-0.2, 0) is 0 Å². The summed E-state index contributed by atoms with van der Waals surface area (Å²) in [7, 11) is 0. The van der Waals surface area contributed by atoms with Gasteiger partial charge in [-0.05, 0) is 41.7 Å². The van der Waals surface area contributed by atoms with Crippen LogP contribution in [0.25, 0.3) is 0 Å². The van der Waals surface area contributed by atoms with E-state index in [0.717, 1.165) is 17.3 Å². The van der Waals surface area contributed by atoms with E-state index in [9.17, 15) is 0 Å². The molecule has 0 bridgehead atoms. The summed E-state index contributed by atoms with van der Waals surface area (Å²) in [6.07, 6.45) is 0. The highest BCUT2D eigenvalue weighted by molar-refractivity contribution is 8.03. The molecule has 5 heteroatoms. The average Bonchev–Trinajstić information content (AvgIpc) is 2.25. The van der Waals surface area contributed by atoms with Crippen molar-refractivity contribution < 1.29 is 0 Å². The van der Waals surface area contributed by atoms with E-state index >= 15 is 0 Å². The Balaban J connectivity index is 2.84. The van der Waals surface area contributed by atoms with Crippen molar-refractivity contribution in [2.24, 2.45) is 4.99 Å². The predicted molar refractivity (Wildman–Crippen MR) is 67.3 cm³/mol. The van der Waals surface area contributed by atoms with Crippen molar-refractivity contribution in [2.75, 3.05) is 5.75 Å². The molecule has 1 unspecified atom stereocenters. The van der Waals surface area contributed by atoms with Crippen LogP contribution < -0.4 is 0 Å². The molecule has 1 rings (SSSR count). The van der Waals surface area contributed by atoms with Gasteiger partial charge in [0.1, 0.15) is 5.40 Å². The van der Waals surface area contributed by atoms with Gasteiger partial charge in [-0.2, -0.15) is 5.26 Å². The van der Waals surface area contributed by atoms with Crippen molar-refractivity contribution in [3.63, 3.8) is 0 Å². The number of thiocarbonyl (C=S) groups is 1. The van der Waals surface area contributed by atoms with Crippen LogP contribution in [0.2, 0.25) is 5.02 Å². The summed E-state index contributed by atoms with van der Waals surface area (Å²) >= 11 is 11.5. The molecule has 0 aliphatic carbocycles. The van der Waals surface area contributed by atoms with Gasteiger partial charge in [0.15, 0.2) is 0 Å². The molecule has 0 aromatic heterocycles. The molecule has 0 radical (unpaired) electrons. The topological polar surface area (TPSA) is 36.1 Å². The molecule has 0 amide bonds. The van der Waals surface area contributed by atoms with E-state index in [4.69, 9.17) is 16.9 Å². The molecule has 0 spiro atoms. The number of halogens is 1. The van der Waals surface area contributed by atoms with Gasteiger partial charge in [-0.1, -0.05) is 23.7 Å². The molecule has 0 saturated heterocycles. The van der Waals surface area contributed by atoms with Gasteiger partial charge < -0.3 is 0 Å². The van der Waals surface area contributed by atoms with Gasteiger partial charge in [-0.15, -0.1) is 0 Å². The highest BCUT2D eigenvalue weighted by Gasteiger charge is 2.09. The van der Waals surface area contributed by atoms with Crippen molar-refractivity contribution in [3.05, 3.63) is 34.9 Å². The second kappa shape index (κ2) is 6.60. The minimum atomic E-state index is -0.121. The third kappa shape index (κ3) is 4.03. The third-order valence-corrected chi connectivity index (χ3v) is 2.74. The molecule has 1 aromatic rings. The van der Waals surface area contributed by atoms with Crippen molar-refractivity contribution in [1.82, 2.24) is 0 Å². The Morgan fingerprint density at radius 1 is 1.47 bits per heavy atom. The molecule has 0 heterocycles. The SMILES string of the molecule is N#CSCC(N=C=S)c1ccc(Cl)cc1. The molecule has 0 aliphatic rings. The first-order valence-electron chi connectivity index (χ1n) is 4.11. The first kappa shape index (κ1) is 12.2. The molecular weight excluding hydrogens is 248 g/mol. The van der Waals surface area contributed by atoms with Gasteiger partial charge in [0.25, 0.3) is 0 Å². The number of aliphatic imine (C=N–C) groups is 1. The first-order chi connectivity index (χ1) is 7.27. The fraction of sp³-hybridized carbons (Fsp3) is 0.200. The monoisotopic (exact) mass is 254 g/mol. The van der Waals surface area contributed by atoms with Crippen LogP contribution in [0.4, 0.5) is 0 Å². The first-order valence-corrected chi connectivity index (χ1v) is 5.88. The van der Waals surface area contributed by atoms with E-state index in [0.29, 0.717) is 10.8 Å². The Morgan fingerprint density at radius 2 is 2.13 bits per heavy atom. The zero-order valence-corrected chi connectivity index (χ0v) is 10.1. The predicted octanol–water partition coefficient (Wildman–Crippen LogP) is 3.70. The lowest BCUT2D eigenvalue weighted by atomic mass is 10.1. The van der Waals surface area contributed by atoms with Crippen LogP contribution in [-0.4, -0.2) is 10.9 Å². The molecule has 0 fully saturated rings. The lowest BCUT2D eigenvalue weighted by Crippen LogP contribution is -1.97. The summed E-state index contributed by atoms with van der Waals surface area (Å²) in [4.78, 5) is 4.01. The Morgan fingerprint density at radius 3 is 2.67 bits per heavy atom. The molecule has 2 nitrogen and oxygen atoms in total. The number of isothiocyanates is 1. The minimum Gasteiger partial charge on any atom is -0.223 e. The van der Waals surface area contributed by atoms with Crippen molar-refractivity contribution in [3.8, 4) is 5.40 Å². The number of rotatable bonds is 4. The summed E-state index contributed by atoms with van der Waals surface area (Å²) in [6.45, 7) is 0. The van der Waals surface area contributed by atoms with Gasteiger partial charge in [0, 0.05) is 10.8 Å². The summed E-state index contributed by atoms with van der Waals surface area (Å²) in [5.74, 6) is 0.571. The largest absolute Gasteiger partial charge is 0.223 e. The van der Waals surface area contributed by atoms with E-state index in [2.05, 4.69) is 22.4 Å². The molecular formula is C10H7ClN2S2. The number of hydrogen-bond donors (Lipinski definition) is 0. The third-order valence-electron chi connectivity index (χ3n) is 1.77. The summed E-state index contributed by atoms with van der Waals surface area (Å²) < 4.78 is 0. The van der Waals surface area contributed by atoms with Gasteiger partial charge in [-0.25, -0.2) is 4.99 Å². The van der Waals surface area contributed by atoms with Gasteiger partial charge in [-0.3, -0.25) is 0 Å². The fourth-order valence-corrected chi connectivity index (χ4v) is 1.83. The molecule has 15 heavy (non-hydrogen) atoms. The van der Waals surface area contributed by atoms with E-state index < -0.39 is 0 Å². The lowest BCUT2D eigenvalue weighted by Gasteiger charge is -2.08. The number of nitriles is 1. The van der Waals surface area contributed by atoms with Gasteiger partial charge in [0.05, 0.1) is 11.2 Å². The number of benzene rings is 1. The standard InChI is InChI=1S/C10H7ClN2S2/c11-9-3-1-8(2-4-9)10(13-7-14)5-15-6-12/h1-4,10H,5H2. The van der Waals surface area contributed by atoms with Crippen LogP contribution in [0.3, 0.4) is 0 Å². The molecule has 1 aromatic carbocycles. The highest BCUT2D eigenvalue weighted by Crippen LogP contribution is 2.23. The Hall–Kier alpha value is -0.850. The van der Waals surface area contributed by atoms with Crippen LogP contribution in [0.15, 0.2) is 29.3 Å².